The summed E-state index contributed by atoms with van der Waals surface area (Å²) in [4.78, 5) is 10.9. The molecule has 20 heavy (non-hydrogen) atoms. The van der Waals surface area contributed by atoms with Crippen LogP contribution in [0.15, 0.2) is 36.4 Å². The fraction of sp³-hybridized carbons (Fsp3) is 0.312. The third kappa shape index (κ3) is 3.27. The highest BCUT2D eigenvalue weighted by Crippen LogP contribution is 2.29. The standard InChI is InChI=1S/C16H20N2O2/c1-2-12(17)9-14-13-6-4-3-5-11(13)7-8-15(14)20-10-16(18)19/h3-8,12H,2,9-10,17H2,1H3,(H2,18,19). The molecule has 2 aromatic rings. The van der Waals surface area contributed by atoms with E-state index in [4.69, 9.17) is 16.2 Å². The molecule has 0 fully saturated rings. The maximum absolute atomic E-state index is 10.9. The van der Waals surface area contributed by atoms with Crippen molar-refractivity contribution >= 4 is 16.7 Å². The average molecular weight is 272 g/mol. The Morgan fingerprint density at radius 3 is 2.70 bits per heavy atom. The first-order valence-electron chi connectivity index (χ1n) is 6.79. The van der Waals surface area contributed by atoms with Gasteiger partial charge in [0, 0.05) is 11.6 Å². The molecule has 0 bridgehead atoms. The van der Waals surface area contributed by atoms with E-state index in [1.165, 1.54) is 0 Å². The summed E-state index contributed by atoms with van der Waals surface area (Å²) in [6.45, 7) is 1.94. The van der Waals surface area contributed by atoms with Crippen molar-refractivity contribution in [1.82, 2.24) is 0 Å². The van der Waals surface area contributed by atoms with Gasteiger partial charge in [-0.3, -0.25) is 4.79 Å². The Morgan fingerprint density at radius 1 is 1.25 bits per heavy atom. The second kappa shape index (κ2) is 6.39. The predicted molar refractivity (Wildman–Crippen MR) is 80.6 cm³/mol. The van der Waals surface area contributed by atoms with Crippen LogP contribution in [0.5, 0.6) is 5.75 Å². The van der Waals surface area contributed by atoms with Gasteiger partial charge < -0.3 is 16.2 Å². The summed E-state index contributed by atoms with van der Waals surface area (Å²) >= 11 is 0. The Bertz CT molecular complexity index is 610. The molecule has 1 amide bonds. The number of benzene rings is 2. The van der Waals surface area contributed by atoms with E-state index in [-0.39, 0.29) is 12.6 Å². The zero-order valence-corrected chi connectivity index (χ0v) is 11.6. The molecule has 0 saturated carbocycles. The van der Waals surface area contributed by atoms with Gasteiger partial charge in [0.05, 0.1) is 0 Å². The Hall–Kier alpha value is -2.07. The lowest BCUT2D eigenvalue weighted by molar-refractivity contribution is -0.119. The first-order chi connectivity index (χ1) is 9.61. The molecule has 1 unspecified atom stereocenters. The first-order valence-corrected chi connectivity index (χ1v) is 6.79. The highest BCUT2D eigenvalue weighted by Gasteiger charge is 2.12. The van der Waals surface area contributed by atoms with Gasteiger partial charge in [0.1, 0.15) is 5.75 Å². The number of carbonyl (C=O) groups is 1. The van der Waals surface area contributed by atoms with E-state index < -0.39 is 5.91 Å². The number of rotatable bonds is 6. The molecule has 0 aliphatic carbocycles. The van der Waals surface area contributed by atoms with Gasteiger partial charge in [-0.2, -0.15) is 0 Å². The lowest BCUT2D eigenvalue weighted by Crippen LogP contribution is -2.23. The number of nitrogens with two attached hydrogens (primary N) is 2. The molecule has 4 N–H and O–H groups in total. The summed E-state index contributed by atoms with van der Waals surface area (Å²) < 4.78 is 5.52. The van der Waals surface area contributed by atoms with E-state index >= 15 is 0 Å². The van der Waals surface area contributed by atoms with Crippen molar-refractivity contribution < 1.29 is 9.53 Å². The second-order valence-electron chi connectivity index (χ2n) is 4.89. The summed E-state index contributed by atoms with van der Waals surface area (Å²) in [6.07, 6.45) is 1.60. The van der Waals surface area contributed by atoms with Gasteiger partial charge in [-0.05, 0) is 29.7 Å². The van der Waals surface area contributed by atoms with Gasteiger partial charge in [-0.15, -0.1) is 0 Å². The van der Waals surface area contributed by atoms with Gasteiger partial charge in [0.15, 0.2) is 6.61 Å². The van der Waals surface area contributed by atoms with Gasteiger partial charge in [-0.1, -0.05) is 37.3 Å². The number of ether oxygens (including phenoxy) is 1. The zero-order chi connectivity index (χ0) is 14.5. The van der Waals surface area contributed by atoms with Crippen molar-refractivity contribution in [1.29, 1.82) is 0 Å². The van der Waals surface area contributed by atoms with Crippen LogP contribution < -0.4 is 16.2 Å². The number of hydrogen-bond donors (Lipinski definition) is 2. The molecule has 4 nitrogen and oxygen atoms in total. The Morgan fingerprint density at radius 2 is 2.00 bits per heavy atom. The largest absolute Gasteiger partial charge is 0.483 e. The third-order valence-electron chi connectivity index (χ3n) is 3.36. The summed E-state index contributed by atoms with van der Waals surface area (Å²) in [6, 6.07) is 12.0. The minimum atomic E-state index is -0.483. The molecule has 0 saturated heterocycles. The SMILES string of the molecule is CCC(N)Cc1c(OCC(N)=O)ccc2ccccc12. The van der Waals surface area contributed by atoms with E-state index in [1.54, 1.807) is 0 Å². The van der Waals surface area contributed by atoms with Crippen molar-refractivity contribution in [2.24, 2.45) is 11.5 Å². The van der Waals surface area contributed by atoms with Crippen LogP contribution in [0.4, 0.5) is 0 Å². The van der Waals surface area contributed by atoms with E-state index in [1.807, 2.05) is 36.4 Å². The second-order valence-corrected chi connectivity index (χ2v) is 4.89. The lowest BCUT2D eigenvalue weighted by Gasteiger charge is -2.16. The topological polar surface area (TPSA) is 78.3 Å². The summed E-state index contributed by atoms with van der Waals surface area (Å²) in [5, 5.41) is 2.25. The Balaban J connectivity index is 2.44. The van der Waals surface area contributed by atoms with Crippen LogP contribution >= 0.6 is 0 Å². The predicted octanol–water partition coefficient (Wildman–Crippen LogP) is 1.98. The average Bonchev–Trinajstić information content (AvgIpc) is 2.46. The van der Waals surface area contributed by atoms with E-state index in [2.05, 4.69) is 6.92 Å². The highest BCUT2D eigenvalue weighted by atomic mass is 16.5. The summed E-state index contributed by atoms with van der Waals surface area (Å²) in [5.41, 5.74) is 12.3. The third-order valence-corrected chi connectivity index (χ3v) is 3.36. The van der Waals surface area contributed by atoms with E-state index in [9.17, 15) is 4.79 Å². The smallest absolute Gasteiger partial charge is 0.255 e. The van der Waals surface area contributed by atoms with Crippen LogP contribution in [0.2, 0.25) is 0 Å². The van der Waals surface area contributed by atoms with Crippen LogP contribution in [0, 0.1) is 0 Å². The van der Waals surface area contributed by atoms with Crippen molar-refractivity contribution in [2.45, 2.75) is 25.8 Å². The van der Waals surface area contributed by atoms with Gasteiger partial charge in [0.2, 0.25) is 0 Å². The molecule has 0 spiro atoms. The number of carbonyl (C=O) groups excluding carboxylic acids is 1. The fourth-order valence-corrected chi connectivity index (χ4v) is 2.22. The molecule has 1 atom stereocenters. The minimum Gasteiger partial charge on any atom is -0.483 e. The number of amides is 1. The van der Waals surface area contributed by atoms with Gasteiger partial charge in [-0.25, -0.2) is 0 Å². The molecule has 2 aromatic carbocycles. The van der Waals surface area contributed by atoms with Crippen LogP contribution in [-0.4, -0.2) is 18.6 Å². The maximum Gasteiger partial charge on any atom is 0.255 e. The first kappa shape index (κ1) is 14.3. The molecule has 0 aromatic heterocycles. The molecular weight excluding hydrogens is 252 g/mol. The lowest BCUT2D eigenvalue weighted by atomic mass is 9.97. The van der Waals surface area contributed by atoms with Gasteiger partial charge >= 0.3 is 0 Å². The molecule has 0 aliphatic rings. The van der Waals surface area contributed by atoms with E-state index in [0.717, 1.165) is 22.8 Å². The minimum absolute atomic E-state index is 0.0664. The van der Waals surface area contributed by atoms with Crippen LogP contribution in [-0.2, 0) is 11.2 Å². The molecule has 0 aliphatic heterocycles. The van der Waals surface area contributed by atoms with Crippen molar-refractivity contribution in [2.75, 3.05) is 6.61 Å². The molecule has 0 radical (unpaired) electrons. The Kier molecular flexibility index (Phi) is 4.58. The van der Waals surface area contributed by atoms with Crippen LogP contribution in [0.25, 0.3) is 10.8 Å². The monoisotopic (exact) mass is 272 g/mol. The van der Waals surface area contributed by atoms with Gasteiger partial charge in [0.25, 0.3) is 5.91 Å². The number of fused-ring (bicyclic) bond motifs is 1. The molecule has 2 rings (SSSR count). The molecule has 106 valence electrons. The summed E-state index contributed by atoms with van der Waals surface area (Å²) in [5.74, 6) is 0.204. The normalized spacial score (nSPS) is 12.3. The van der Waals surface area contributed by atoms with E-state index in [0.29, 0.717) is 12.2 Å². The van der Waals surface area contributed by atoms with Crippen LogP contribution in [0.1, 0.15) is 18.9 Å². The fourth-order valence-electron chi connectivity index (χ4n) is 2.22. The van der Waals surface area contributed by atoms with Crippen LogP contribution in [0.3, 0.4) is 0 Å². The van der Waals surface area contributed by atoms with Crippen molar-refractivity contribution in [3.63, 3.8) is 0 Å². The highest BCUT2D eigenvalue weighted by molar-refractivity contribution is 5.88. The van der Waals surface area contributed by atoms with Crippen molar-refractivity contribution in [3.8, 4) is 5.75 Å². The zero-order valence-electron chi connectivity index (χ0n) is 11.6. The van der Waals surface area contributed by atoms with Crippen molar-refractivity contribution in [3.05, 3.63) is 42.0 Å². The summed E-state index contributed by atoms with van der Waals surface area (Å²) in [7, 11) is 0. The molecule has 4 heteroatoms. The quantitative estimate of drug-likeness (QED) is 0.844. The number of hydrogen-bond acceptors (Lipinski definition) is 3. The molecule has 0 heterocycles. The molecular formula is C16H20N2O2. The number of primary amides is 1. The maximum atomic E-state index is 10.9. The Labute approximate surface area is 118 Å².